The largest absolute Gasteiger partial charge is 0.478 e. The lowest BCUT2D eigenvalue weighted by Crippen LogP contribution is -1.93. The SMILES string of the molecule is CC(=CC(=O)O)c1cccc2ccc(C)nc12. The third kappa shape index (κ3) is 2.33. The van der Waals surface area contributed by atoms with E-state index in [1.165, 1.54) is 6.08 Å². The Morgan fingerprint density at radius 3 is 2.76 bits per heavy atom. The van der Waals surface area contributed by atoms with Crippen LogP contribution in [0.15, 0.2) is 36.4 Å². The molecule has 1 N–H and O–H groups in total. The van der Waals surface area contributed by atoms with Crippen LogP contribution in [0.4, 0.5) is 0 Å². The minimum absolute atomic E-state index is 0.709. The van der Waals surface area contributed by atoms with Crippen molar-refractivity contribution in [3.05, 3.63) is 47.7 Å². The van der Waals surface area contributed by atoms with Gasteiger partial charge in [-0.15, -0.1) is 0 Å². The lowest BCUT2D eigenvalue weighted by Gasteiger charge is -2.06. The van der Waals surface area contributed by atoms with E-state index in [0.29, 0.717) is 5.57 Å². The number of carboxylic acids is 1. The highest BCUT2D eigenvalue weighted by molar-refractivity contribution is 5.96. The summed E-state index contributed by atoms with van der Waals surface area (Å²) in [5.74, 6) is -0.938. The van der Waals surface area contributed by atoms with Crippen molar-refractivity contribution < 1.29 is 9.90 Å². The van der Waals surface area contributed by atoms with Crippen LogP contribution < -0.4 is 0 Å². The molecule has 3 nitrogen and oxygen atoms in total. The van der Waals surface area contributed by atoms with Crippen LogP contribution in [0.25, 0.3) is 16.5 Å². The number of pyridine rings is 1. The molecule has 0 amide bonds. The molecule has 1 aromatic carbocycles. The van der Waals surface area contributed by atoms with Gasteiger partial charge < -0.3 is 5.11 Å². The number of carboxylic acid groups (broad SMARTS) is 1. The normalized spacial score (nSPS) is 11.8. The van der Waals surface area contributed by atoms with Gasteiger partial charge in [-0.1, -0.05) is 24.3 Å². The van der Waals surface area contributed by atoms with Gasteiger partial charge in [0.1, 0.15) is 0 Å². The highest BCUT2D eigenvalue weighted by Gasteiger charge is 2.05. The number of fused-ring (bicyclic) bond motifs is 1. The zero-order valence-corrected chi connectivity index (χ0v) is 9.77. The zero-order chi connectivity index (χ0) is 12.4. The van der Waals surface area contributed by atoms with E-state index in [4.69, 9.17) is 5.11 Å². The standard InChI is InChI=1S/C14H13NO2/c1-9(8-13(16)17)12-5-3-4-11-7-6-10(2)15-14(11)12/h3-8H,1-2H3,(H,16,17). The van der Waals surface area contributed by atoms with Gasteiger partial charge in [0, 0.05) is 22.7 Å². The summed E-state index contributed by atoms with van der Waals surface area (Å²) in [6.45, 7) is 3.71. The molecule has 0 saturated carbocycles. The number of aliphatic carboxylic acids is 1. The van der Waals surface area contributed by atoms with Gasteiger partial charge >= 0.3 is 5.97 Å². The molecule has 0 aliphatic carbocycles. The zero-order valence-electron chi connectivity index (χ0n) is 9.77. The molecule has 1 heterocycles. The Labute approximate surface area is 99.4 Å². The molecule has 17 heavy (non-hydrogen) atoms. The molecule has 1 aromatic heterocycles. The molecular weight excluding hydrogens is 214 g/mol. The van der Waals surface area contributed by atoms with Crippen LogP contribution in [-0.2, 0) is 4.79 Å². The highest BCUT2D eigenvalue weighted by atomic mass is 16.4. The van der Waals surface area contributed by atoms with Crippen LogP contribution in [0.2, 0.25) is 0 Å². The second kappa shape index (κ2) is 4.37. The molecule has 0 atom stereocenters. The molecule has 0 bridgehead atoms. The van der Waals surface area contributed by atoms with Gasteiger partial charge in [-0.05, 0) is 25.5 Å². The van der Waals surface area contributed by atoms with E-state index >= 15 is 0 Å². The number of hydrogen-bond donors (Lipinski definition) is 1. The van der Waals surface area contributed by atoms with Crippen LogP contribution in [0.5, 0.6) is 0 Å². The Morgan fingerprint density at radius 2 is 2.06 bits per heavy atom. The molecular formula is C14H13NO2. The molecule has 86 valence electrons. The first-order valence-corrected chi connectivity index (χ1v) is 5.36. The van der Waals surface area contributed by atoms with Crippen LogP contribution in [0, 0.1) is 6.92 Å². The third-order valence-corrected chi connectivity index (χ3v) is 2.62. The van der Waals surface area contributed by atoms with Gasteiger partial charge in [0.15, 0.2) is 0 Å². The van der Waals surface area contributed by atoms with Gasteiger partial charge in [0.25, 0.3) is 0 Å². The van der Waals surface area contributed by atoms with Crippen molar-refractivity contribution in [2.24, 2.45) is 0 Å². The fraction of sp³-hybridized carbons (Fsp3) is 0.143. The Bertz CT molecular complexity index is 615. The monoisotopic (exact) mass is 227 g/mol. The van der Waals surface area contributed by atoms with Gasteiger partial charge in [0.05, 0.1) is 5.52 Å². The summed E-state index contributed by atoms with van der Waals surface area (Å²) in [5, 5.41) is 9.79. The van der Waals surface area contributed by atoms with Crippen LogP contribution >= 0.6 is 0 Å². The minimum Gasteiger partial charge on any atom is -0.478 e. The number of allylic oxidation sites excluding steroid dienone is 1. The lowest BCUT2D eigenvalue weighted by atomic mass is 10.0. The predicted molar refractivity (Wildman–Crippen MR) is 67.8 cm³/mol. The van der Waals surface area contributed by atoms with Gasteiger partial charge in [-0.2, -0.15) is 0 Å². The number of hydrogen-bond acceptors (Lipinski definition) is 2. The average molecular weight is 227 g/mol. The Morgan fingerprint density at radius 1 is 1.29 bits per heavy atom. The molecule has 0 unspecified atom stereocenters. The maximum absolute atomic E-state index is 10.7. The van der Waals surface area contributed by atoms with Crippen molar-refractivity contribution in [3.8, 4) is 0 Å². The summed E-state index contributed by atoms with van der Waals surface area (Å²) in [5.41, 5.74) is 3.35. The fourth-order valence-corrected chi connectivity index (χ4v) is 1.83. The summed E-state index contributed by atoms with van der Waals surface area (Å²) in [4.78, 5) is 15.2. The van der Waals surface area contributed by atoms with E-state index in [1.54, 1.807) is 6.92 Å². The molecule has 2 aromatic rings. The number of aromatic nitrogens is 1. The van der Waals surface area contributed by atoms with Crippen molar-refractivity contribution in [3.63, 3.8) is 0 Å². The van der Waals surface area contributed by atoms with E-state index < -0.39 is 5.97 Å². The minimum atomic E-state index is -0.938. The number of nitrogens with zero attached hydrogens (tertiary/aromatic N) is 1. The van der Waals surface area contributed by atoms with Gasteiger partial charge in [-0.3, -0.25) is 4.98 Å². The topological polar surface area (TPSA) is 50.2 Å². The Hall–Kier alpha value is -2.16. The summed E-state index contributed by atoms with van der Waals surface area (Å²) in [6, 6.07) is 9.72. The average Bonchev–Trinajstić information content (AvgIpc) is 2.27. The van der Waals surface area contributed by atoms with Crippen molar-refractivity contribution in [2.75, 3.05) is 0 Å². The first-order valence-electron chi connectivity index (χ1n) is 5.36. The van der Waals surface area contributed by atoms with E-state index in [-0.39, 0.29) is 0 Å². The number of carbonyl (C=O) groups is 1. The van der Waals surface area contributed by atoms with E-state index in [9.17, 15) is 4.79 Å². The molecule has 0 spiro atoms. The van der Waals surface area contributed by atoms with Crippen molar-refractivity contribution in [1.29, 1.82) is 0 Å². The van der Waals surface area contributed by atoms with Crippen molar-refractivity contribution in [1.82, 2.24) is 4.98 Å². The Balaban J connectivity index is 2.69. The molecule has 0 radical (unpaired) electrons. The maximum atomic E-state index is 10.7. The number of rotatable bonds is 2. The molecule has 0 aliphatic heterocycles. The number of aryl methyl sites for hydroxylation is 1. The van der Waals surface area contributed by atoms with Gasteiger partial charge in [-0.25, -0.2) is 4.79 Å². The first-order chi connectivity index (χ1) is 8.08. The number of para-hydroxylation sites is 1. The van der Waals surface area contributed by atoms with Crippen molar-refractivity contribution in [2.45, 2.75) is 13.8 Å². The molecule has 0 aliphatic rings. The molecule has 3 heteroatoms. The number of benzene rings is 1. The summed E-state index contributed by atoms with van der Waals surface area (Å²) >= 11 is 0. The molecule has 0 saturated heterocycles. The van der Waals surface area contributed by atoms with Crippen LogP contribution in [0.3, 0.4) is 0 Å². The van der Waals surface area contributed by atoms with E-state index in [2.05, 4.69) is 4.98 Å². The highest BCUT2D eigenvalue weighted by Crippen LogP contribution is 2.23. The molecule has 0 fully saturated rings. The summed E-state index contributed by atoms with van der Waals surface area (Å²) in [6.07, 6.45) is 1.21. The van der Waals surface area contributed by atoms with Crippen LogP contribution in [0.1, 0.15) is 18.2 Å². The smallest absolute Gasteiger partial charge is 0.328 e. The molecule has 2 rings (SSSR count). The first kappa shape index (κ1) is 11.3. The second-order valence-electron chi connectivity index (χ2n) is 4.00. The van der Waals surface area contributed by atoms with E-state index in [0.717, 1.165) is 22.2 Å². The third-order valence-electron chi connectivity index (χ3n) is 2.62. The van der Waals surface area contributed by atoms with Gasteiger partial charge in [0.2, 0.25) is 0 Å². The summed E-state index contributed by atoms with van der Waals surface area (Å²) in [7, 11) is 0. The van der Waals surface area contributed by atoms with Crippen LogP contribution in [-0.4, -0.2) is 16.1 Å². The maximum Gasteiger partial charge on any atom is 0.328 e. The Kier molecular flexibility index (Phi) is 2.91. The summed E-state index contributed by atoms with van der Waals surface area (Å²) < 4.78 is 0. The second-order valence-corrected chi connectivity index (χ2v) is 4.00. The fourth-order valence-electron chi connectivity index (χ4n) is 1.83. The lowest BCUT2D eigenvalue weighted by molar-refractivity contribution is -0.131. The van der Waals surface area contributed by atoms with Crippen molar-refractivity contribution >= 4 is 22.4 Å². The van der Waals surface area contributed by atoms with E-state index in [1.807, 2.05) is 37.3 Å². The predicted octanol–water partition coefficient (Wildman–Crippen LogP) is 3.03. The quantitative estimate of drug-likeness (QED) is 0.802.